The lowest BCUT2D eigenvalue weighted by atomic mass is 10.2. The zero-order chi connectivity index (χ0) is 18.8. The average Bonchev–Trinajstić information content (AvgIpc) is 2.78. The van der Waals surface area contributed by atoms with E-state index in [2.05, 4.69) is 5.32 Å². The number of quaternary nitrogens is 1. The Hall–Kier alpha value is -2.38. The van der Waals surface area contributed by atoms with Crippen molar-refractivity contribution in [3.63, 3.8) is 0 Å². The highest BCUT2D eigenvalue weighted by Crippen LogP contribution is 2.13. The van der Waals surface area contributed by atoms with Gasteiger partial charge in [0.2, 0.25) is 0 Å². The Labute approximate surface area is 153 Å². The van der Waals surface area contributed by atoms with Crippen LogP contribution < -0.4 is 15.8 Å². The second kappa shape index (κ2) is 7.47. The minimum atomic E-state index is -0.219. The normalized spacial score (nSPS) is 23.0. The first-order valence-corrected chi connectivity index (χ1v) is 8.99. The van der Waals surface area contributed by atoms with Crippen LogP contribution in [0.25, 0.3) is 5.69 Å². The van der Waals surface area contributed by atoms with E-state index in [-0.39, 0.29) is 23.7 Å². The third-order valence-corrected chi connectivity index (χ3v) is 4.85. The van der Waals surface area contributed by atoms with Gasteiger partial charge in [-0.3, -0.25) is 14.3 Å². The molecule has 3 rings (SSSR count). The lowest BCUT2D eigenvalue weighted by Gasteiger charge is -2.31. The van der Waals surface area contributed by atoms with Crippen LogP contribution in [0.4, 0.5) is 5.69 Å². The number of amides is 1. The fraction of sp³-hybridized carbons (Fsp3) is 0.474. The van der Waals surface area contributed by atoms with Gasteiger partial charge in [0.15, 0.2) is 6.54 Å². The maximum absolute atomic E-state index is 12.8. The molecule has 1 fully saturated rings. The van der Waals surface area contributed by atoms with Gasteiger partial charge < -0.3 is 15.0 Å². The molecule has 26 heavy (non-hydrogen) atoms. The summed E-state index contributed by atoms with van der Waals surface area (Å²) in [5, 5.41) is 2.83. The second-order valence-electron chi connectivity index (χ2n) is 7.08. The summed E-state index contributed by atoms with van der Waals surface area (Å²) < 4.78 is 9.04. The molecule has 1 aromatic heterocycles. The molecule has 2 heterocycles. The first-order valence-electron chi connectivity index (χ1n) is 8.99. The van der Waals surface area contributed by atoms with Crippen LogP contribution in [-0.4, -0.2) is 47.1 Å². The van der Waals surface area contributed by atoms with E-state index in [0.717, 1.165) is 24.5 Å². The summed E-state index contributed by atoms with van der Waals surface area (Å²) in [6.45, 7) is 7.79. The van der Waals surface area contributed by atoms with Gasteiger partial charge in [0.05, 0.1) is 11.4 Å². The molecular formula is C19H27N4O3+. The van der Waals surface area contributed by atoms with Gasteiger partial charge in [-0.05, 0) is 32.9 Å². The molecular weight excluding hydrogens is 332 g/mol. The number of rotatable bonds is 4. The number of nitrogens with one attached hydrogen (secondary N) is 2. The van der Waals surface area contributed by atoms with Crippen LogP contribution in [0.15, 0.2) is 35.1 Å². The second-order valence-corrected chi connectivity index (χ2v) is 7.08. The van der Waals surface area contributed by atoms with Crippen LogP contribution in [0.5, 0.6) is 0 Å². The highest BCUT2D eigenvalue weighted by Gasteiger charge is 2.28. The van der Waals surface area contributed by atoms with Crippen molar-refractivity contribution in [2.24, 2.45) is 7.05 Å². The summed E-state index contributed by atoms with van der Waals surface area (Å²) in [5.74, 6) is -0.146. The molecule has 1 aliphatic heterocycles. The van der Waals surface area contributed by atoms with Crippen LogP contribution >= 0.6 is 0 Å². The number of nitrogens with zero attached hydrogens (tertiary/aromatic N) is 2. The van der Waals surface area contributed by atoms with Crippen molar-refractivity contribution < 1.29 is 14.4 Å². The number of carbonyl (C=O) groups excluding carboxylic acids is 1. The zero-order valence-electron chi connectivity index (χ0n) is 15.8. The Morgan fingerprint density at radius 1 is 1.23 bits per heavy atom. The van der Waals surface area contributed by atoms with Crippen LogP contribution in [0.3, 0.4) is 0 Å². The van der Waals surface area contributed by atoms with Crippen molar-refractivity contribution in [2.45, 2.75) is 33.0 Å². The van der Waals surface area contributed by atoms with E-state index in [1.165, 1.54) is 4.90 Å². The van der Waals surface area contributed by atoms with Crippen molar-refractivity contribution in [1.29, 1.82) is 0 Å². The predicted octanol–water partition coefficient (Wildman–Crippen LogP) is 0.115. The van der Waals surface area contributed by atoms with Gasteiger partial charge in [0.25, 0.3) is 11.5 Å². The van der Waals surface area contributed by atoms with Gasteiger partial charge in [-0.1, -0.05) is 18.2 Å². The average molecular weight is 359 g/mol. The Morgan fingerprint density at radius 2 is 1.85 bits per heavy atom. The quantitative estimate of drug-likeness (QED) is 0.814. The molecule has 2 N–H and O–H groups in total. The van der Waals surface area contributed by atoms with Gasteiger partial charge in [0, 0.05) is 7.05 Å². The minimum absolute atomic E-state index is 0.135. The van der Waals surface area contributed by atoms with E-state index < -0.39 is 0 Å². The molecule has 1 aromatic carbocycles. The molecule has 7 nitrogen and oxygen atoms in total. The van der Waals surface area contributed by atoms with Gasteiger partial charge in [-0.15, -0.1) is 0 Å². The third-order valence-electron chi connectivity index (χ3n) is 4.85. The molecule has 1 saturated heterocycles. The van der Waals surface area contributed by atoms with E-state index in [4.69, 9.17) is 4.74 Å². The van der Waals surface area contributed by atoms with E-state index >= 15 is 0 Å². The topological polar surface area (TPSA) is 69.7 Å². The molecule has 3 atom stereocenters. The maximum Gasteiger partial charge on any atom is 0.295 e. The Morgan fingerprint density at radius 3 is 2.46 bits per heavy atom. The van der Waals surface area contributed by atoms with Crippen LogP contribution in [0.2, 0.25) is 0 Å². The maximum atomic E-state index is 12.8. The molecule has 0 aliphatic carbocycles. The fourth-order valence-electron chi connectivity index (χ4n) is 3.66. The summed E-state index contributed by atoms with van der Waals surface area (Å²) in [6.07, 6.45) is 0.269. The number of anilines is 1. The summed E-state index contributed by atoms with van der Waals surface area (Å²) in [7, 11) is 1.82. The molecule has 1 amide bonds. The first-order chi connectivity index (χ1) is 12.4. The van der Waals surface area contributed by atoms with Crippen molar-refractivity contribution in [2.75, 3.05) is 25.0 Å². The SMILES string of the molecule is Cc1c(NC(=O)C[NH+]2C[C@@H](C)O[C@@H](C)C2)c(=O)n(-c2ccccc2)n1C. The van der Waals surface area contributed by atoms with Crippen LogP contribution in [-0.2, 0) is 16.6 Å². The molecule has 0 spiro atoms. The number of aromatic nitrogens is 2. The molecule has 1 unspecified atom stereocenters. The molecule has 1 aliphatic rings. The van der Waals surface area contributed by atoms with Crippen molar-refractivity contribution in [3.8, 4) is 5.69 Å². The standard InChI is InChI=1S/C19H26N4O3/c1-13-10-22(11-14(2)26-13)12-17(24)20-18-15(3)21(4)23(19(18)25)16-8-6-5-7-9-16/h5-9,13-14H,10-12H2,1-4H3,(H,20,24)/p+1/t13-,14+. The van der Waals surface area contributed by atoms with Crippen LogP contribution in [0, 0.1) is 6.92 Å². The smallest absolute Gasteiger partial charge is 0.295 e. The lowest BCUT2D eigenvalue weighted by Crippen LogP contribution is -3.16. The Balaban J connectivity index is 1.78. The third kappa shape index (κ3) is 3.73. The van der Waals surface area contributed by atoms with Crippen molar-refractivity contribution in [3.05, 3.63) is 46.4 Å². The molecule has 7 heteroatoms. The number of para-hydroxylation sites is 1. The molecule has 0 radical (unpaired) electrons. The summed E-state index contributed by atoms with van der Waals surface area (Å²) in [5.41, 5.74) is 1.62. The predicted molar refractivity (Wildman–Crippen MR) is 99.9 cm³/mol. The molecule has 140 valence electrons. The number of morpholine rings is 1. The lowest BCUT2D eigenvalue weighted by molar-refractivity contribution is -0.907. The van der Waals surface area contributed by atoms with E-state index in [0.29, 0.717) is 12.2 Å². The molecule has 2 aromatic rings. The number of carbonyl (C=O) groups is 1. The van der Waals surface area contributed by atoms with Crippen LogP contribution in [0.1, 0.15) is 19.5 Å². The zero-order valence-corrected chi connectivity index (χ0v) is 15.8. The highest BCUT2D eigenvalue weighted by atomic mass is 16.5. The number of benzene rings is 1. The van der Waals surface area contributed by atoms with Gasteiger partial charge in [0.1, 0.15) is 31.0 Å². The van der Waals surface area contributed by atoms with Crippen molar-refractivity contribution in [1.82, 2.24) is 9.36 Å². The van der Waals surface area contributed by atoms with Gasteiger partial charge >= 0.3 is 0 Å². The highest BCUT2D eigenvalue weighted by molar-refractivity contribution is 5.91. The number of hydrogen-bond acceptors (Lipinski definition) is 3. The van der Waals surface area contributed by atoms with Gasteiger partial charge in [-0.25, -0.2) is 4.68 Å². The van der Waals surface area contributed by atoms with E-state index in [1.54, 1.807) is 9.36 Å². The summed E-state index contributed by atoms with van der Waals surface area (Å²) in [6, 6.07) is 9.40. The fourth-order valence-corrected chi connectivity index (χ4v) is 3.66. The summed E-state index contributed by atoms with van der Waals surface area (Å²) in [4.78, 5) is 26.5. The summed E-state index contributed by atoms with van der Waals surface area (Å²) >= 11 is 0. The van der Waals surface area contributed by atoms with Gasteiger partial charge in [-0.2, -0.15) is 0 Å². The Bertz CT molecular complexity index is 830. The number of ether oxygens (including phenoxy) is 1. The van der Waals surface area contributed by atoms with E-state index in [9.17, 15) is 9.59 Å². The molecule has 0 bridgehead atoms. The van der Waals surface area contributed by atoms with Crippen molar-refractivity contribution >= 4 is 11.6 Å². The molecule has 0 saturated carbocycles. The minimum Gasteiger partial charge on any atom is -0.364 e. The first kappa shape index (κ1) is 18.4. The largest absolute Gasteiger partial charge is 0.364 e. The Kier molecular flexibility index (Phi) is 5.29. The van der Waals surface area contributed by atoms with E-state index in [1.807, 2.05) is 58.2 Å². The monoisotopic (exact) mass is 359 g/mol. The number of hydrogen-bond donors (Lipinski definition) is 2.